The quantitative estimate of drug-likeness (QED) is 0.862. The molecule has 26 heavy (non-hydrogen) atoms. The van der Waals surface area contributed by atoms with Crippen LogP contribution >= 0.6 is 23.2 Å². The Balaban J connectivity index is 1.46. The lowest BCUT2D eigenvalue weighted by Crippen LogP contribution is -2.54. The van der Waals surface area contributed by atoms with Crippen LogP contribution in [0.2, 0.25) is 10.0 Å². The Bertz CT molecular complexity index is 778. The molecule has 2 aromatic rings. The number of aromatic nitrogens is 1. The summed E-state index contributed by atoms with van der Waals surface area (Å²) in [6.07, 6.45) is 2.86. The number of hydrogen-bond acceptors (Lipinski definition) is 3. The van der Waals surface area contributed by atoms with Crippen LogP contribution in [-0.4, -0.2) is 57.3 Å². The topological polar surface area (TPSA) is 31.6 Å². The van der Waals surface area contributed by atoms with Crippen molar-refractivity contribution in [3.8, 4) is 0 Å². The number of aliphatic hydroxyl groups is 1. The van der Waals surface area contributed by atoms with E-state index in [4.69, 9.17) is 23.2 Å². The van der Waals surface area contributed by atoms with Crippen molar-refractivity contribution in [1.82, 2.24) is 14.4 Å². The second-order valence-electron chi connectivity index (χ2n) is 7.65. The van der Waals surface area contributed by atoms with E-state index >= 15 is 0 Å². The van der Waals surface area contributed by atoms with Gasteiger partial charge in [-0.3, -0.25) is 9.80 Å². The molecule has 2 saturated heterocycles. The van der Waals surface area contributed by atoms with Crippen LogP contribution in [0.1, 0.15) is 24.6 Å². The minimum Gasteiger partial charge on any atom is -0.392 e. The number of hydrogen-bond donors (Lipinski definition) is 1. The minimum absolute atomic E-state index is 0.161. The van der Waals surface area contributed by atoms with Crippen molar-refractivity contribution in [2.45, 2.75) is 44.6 Å². The Morgan fingerprint density at radius 1 is 1.08 bits per heavy atom. The number of benzene rings is 1. The van der Waals surface area contributed by atoms with E-state index in [1.165, 1.54) is 5.69 Å². The van der Waals surface area contributed by atoms with Gasteiger partial charge in [0, 0.05) is 56.7 Å². The molecule has 2 fully saturated rings. The largest absolute Gasteiger partial charge is 0.392 e. The molecule has 3 atom stereocenters. The molecule has 6 heteroatoms. The van der Waals surface area contributed by atoms with Gasteiger partial charge in [0.15, 0.2) is 0 Å². The highest BCUT2D eigenvalue weighted by Crippen LogP contribution is 2.27. The number of halogens is 2. The molecule has 2 aliphatic heterocycles. The average molecular weight is 394 g/mol. The van der Waals surface area contributed by atoms with E-state index in [0.29, 0.717) is 22.1 Å². The Kier molecular flexibility index (Phi) is 5.31. The molecule has 0 amide bonds. The first-order valence-corrected chi connectivity index (χ1v) is 9.99. The van der Waals surface area contributed by atoms with Gasteiger partial charge in [-0.2, -0.15) is 0 Å². The molecular weight excluding hydrogens is 369 g/mol. The highest BCUT2D eigenvalue weighted by Gasteiger charge is 2.38. The zero-order valence-electron chi connectivity index (χ0n) is 15.0. The fourth-order valence-electron chi connectivity index (χ4n) is 4.29. The first kappa shape index (κ1) is 18.3. The van der Waals surface area contributed by atoms with Gasteiger partial charge >= 0.3 is 0 Å². The number of nitrogens with zero attached hydrogens (tertiary/aromatic N) is 3. The van der Waals surface area contributed by atoms with Gasteiger partial charge in [0.1, 0.15) is 0 Å². The van der Waals surface area contributed by atoms with Gasteiger partial charge in [0.2, 0.25) is 0 Å². The lowest BCUT2D eigenvalue weighted by Gasteiger charge is -2.42. The van der Waals surface area contributed by atoms with Crippen LogP contribution in [0, 0.1) is 0 Å². The summed E-state index contributed by atoms with van der Waals surface area (Å²) in [5.74, 6) is 0. The van der Waals surface area contributed by atoms with Gasteiger partial charge in [0.25, 0.3) is 0 Å². The summed E-state index contributed by atoms with van der Waals surface area (Å²) in [5.41, 5.74) is 2.45. The number of rotatable bonds is 4. The minimum atomic E-state index is -0.161. The number of aliphatic hydroxyl groups excluding tert-OH is 1. The number of fused-ring (bicyclic) bond motifs is 1. The number of piperazine rings is 1. The van der Waals surface area contributed by atoms with Crippen molar-refractivity contribution < 1.29 is 5.11 Å². The Labute approximate surface area is 164 Å². The summed E-state index contributed by atoms with van der Waals surface area (Å²) < 4.78 is 2.28. The zero-order chi connectivity index (χ0) is 18.3. The van der Waals surface area contributed by atoms with E-state index in [1.54, 1.807) is 0 Å². The van der Waals surface area contributed by atoms with E-state index < -0.39 is 0 Å². The molecule has 0 saturated carbocycles. The van der Waals surface area contributed by atoms with Gasteiger partial charge in [-0.15, -0.1) is 0 Å². The van der Waals surface area contributed by atoms with Gasteiger partial charge in [0.05, 0.1) is 16.1 Å². The Morgan fingerprint density at radius 3 is 2.73 bits per heavy atom. The maximum absolute atomic E-state index is 9.95. The molecule has 0 unspecified atom stereocenters. The molecule has 1 N–H and O–H groups in total. The molecule has 4 nitrogen and oxygen atoms in total. The summed E-state index contributed by atoms with van der Waals surface area (Å²) in [6, 6.07) is 11.1. The summed E-state index contributed by atoms with van der Waals surface area (Å²) in [5, 5.41) is 11.1. The molecule has 3 heterocycles. The average Bonchev–Trinajstić information content (AvgIpc) is 3.17. The van der Waals surface area contributed by atoms with Gasteiger partial charge in [-0.25, -0.2) is 0 Å². The van der Waals surface area contributed by atoms with E-state index in [1.807, 2.05) is 18.2 Å². The van der Waals surface area contributed by atoms with Crippen molar-refractivity contribution >= 4 is 23.2 Å². The summed E-state index contributed by atoms with van der Waals surface area (Å²) >= 11 is 12.2. The van der Waals surface area contributed by atoms with Crippen molar-refractivity contribution in [3.63, 3.8) is 0 Å². The highest BCUT2D eigenvalue weighted by atomic mass is 35.5. The highest BCUT2D eigenvalue weighted by molar-refractivity contribution is 6.42. The van der Waals surface area contributed by atoms with Crippen molar-refractivity contribution in [1.29, 1.82) is 0 Å². The van der Waals surface area contributed by atoms with Crippen LogP contribution in [-0.2, 0) is 13.1 Å². The Hall–Kier alpha value is -1.04. The van der Waals surface area contributed by atoms with Crippen LogP contribution in [0.15, 0.2) is 36.5 Å². The lowest BCUT2D eigenvalue weighted by molar-refractivity contribution is 0.0514. The van der Waals surface area contributed by atoms with E-state index in [0.717, 1.165) is 44.7 Å². The maximum Gasteiger partial charge on any atom is 0.0682 e. The molecule has 1 aromatic heterocycles. The molecule has 140 valence electrons. The molecular formula is C20H25Cl2N3O. The van der Waals surface area contributed by atoms with E-state index in [2.05, 4.69) is 39.6 Å². The second-order valence-corrected chi connectivity index (χ2v) is 8.47. The summed E-state index contributed by atoms with van der Waals surface area (Å²) in [7, 11) is 0. The van der Waals surface area contributed by atoms with E-state index in [9.17, 15) is 5.11 Å². The zero-order valence-corrected chi connectivity index (χ0v) is 16.5. The van der Waals surface area contributed by atoms with Gasteiger partial charge in [-0.05, 0) is 43.2 Å². The van der Waals surface area contributed by atoms with Crippen molar-refractivity contribution in [2.24, 2.45) is 0 Å². The van der Waals surface area contributed by atoms with Crippen LogP contribution in [0.3, 0.4) is 0 Å². The van der Waals surface area contributed by atoms with Gasteiger partial charge in [-0.1, -0.05) is 29.3 Å². The van der Waals surface area contributed by atoms with Crippen LogP contribution in [0.4, 0.5) is 0 Å². The molecule has 0 bridgehead atoms. The monoisotopic (exact) mass is 393 g/mol. The van der Waals surface area contributed by atoms with Crippen LogP contribution in [0.5, 0.6) is 0 Å². The maximum atomic E-state index is 9.95. The first-order valence-electron chi connectivity index (χ1n) is 9.23. The molecule has 1 aromatic carbocycles. The Morgan fingerprint density at radius 2 is 1.92 bits per heavy atom. The molecule has 2 aliphatic rings. The predicted molar refractivity (Wildman–Crippen MR) is 106 cm³/mol. The SMILES string of the molecule is C[C@@H]1CN2C[C@H](O)C[C@@H]2CN1Cc1cccn1Cc1ccc(Cl)c(Cl)c1. The smallest absolute Gasteiger partial charge is 0.0682 e. The van der Waals surface area contributed by atoms with E-state index in [-0.39, 0.29) is 6.10 Å². The molecule has 0 aliphatic carbocycles. The molecule has 0 spiro atoms. The lowest BCUT2D eigenvalue weighted by atomic mass is 10.1. The first-order chi connectivity index (χ1) is 12.5. The summed E-state index contributed by atoms with van der Waals surface area (Å²) in [6.45, 7) is 6.89. The normalized spacial score (nSPS) is 27.0. The molecule has 4 rings (SSSR count). The van der Waals surface area contributed by atoms with Gasteiger partial charge < -0.3 is 9.67 Å². The third kappa shape index (κ3) is 3.80. The van der Waals surface area contributed by atoms with Crippen molar-refractivity contribution in [2.75, 3.05) is 19.6 Å². The van der Waals surface area contributed by atoms with Crippen molar-refractivity contribution in [3.05, 3.63) is 57.8 Å². The van der Waals surface area contributed by atoms with Crippen LogP contribution in [0.25, 0.3) is 0 Å². The van der Waals surface area contributed by atoms with Crippen LogP contribution < -0.4 is 0 Å². The fraction of sp³-hybridized carbons (Fsp3) is 0.500. The third-order valence-corrected chi connectivity index (χ3v) is 6.44. The second kappa shape index (κ2) is 7.53. The third-order valence-electron chi connectivity index (χ3n) is 5.70. The standard InChI is InChI=1S/C20H25Cl2N3O/c1-14-9-25-13-18(26)8-17(25)12-24(14)11-16-3-2-6-23(16)10-15-4-5-19(21)20(22)7-15/h2-7,14,17-18,26H,8-13H2,1H3/t14-,17-,18-/m1/s1. The predicted octanol–water partition coefficient (Wildman–Crippen LogP) is 3.48. The fourth-order valence-corrected chi connectivity index (χ4v) is 4.61. The summed E-state index contributed by atoms with van der Waals surface area (Å²) in [4.78, 5) is 4.99. The molecule has 0 radical (unpaired) electrons.